The zero-order valence-corrected chi connectivity index (χ0v) is 43.0. The second kappa shape index (κ2) is 51.4. The molecule has 0 saturated heterocycles. The summed E-state index contributed by atoms with van der Waals surface area (Å²) in [6.45, 7) is 9.08. The number of carbonyl (C=O) groups is 3. The van der Waals surface area contributed by atoms with E-state index in [2.05, 4.69) is 27.7 Å². The van der Waals surface area contributed by atoms with Crippen molar-refractivity contribution in [1.29, 1.82) is 0 Å². The van der Waals surface area contributed by atoms with Crippen LogP contribution in [-0.4, -0.2) is 37.2 Å². The largest absolute Gasteiger partial charge is 0.462 e. The summed E-state index contributed by atoms with van der Waals surface area (Å²) in [6.07, 6.45) is 55.1. The van der Waals surface area contributed by atoms with Gasteiger partial charge in [-0.3, -0.25) is 14.4 Å². The van der Waals surface area contributed by atoms with Crippen LogP contribution in [0, 0.1) is 5.92 Å². The molecule has 0 saturated carbocycles. The summed E-state index contributed by atoms with van der Waals surface area (Å²) in [5.74, 6) is 0.0571. The Kier molecular flexibility index (Phi) is 50.1. The monoisotopic (exact) mass is 891 g/mol. The van der Waals surface area contributed by atoms with Crippen LogP contribution in [0.4, 0.5) is 0 Å². The minimum absolute atomic E-state index is 0.0621. The van der Waals surface area contributed by atoms with Gasteiger partial charge in [-0.15, -0.1) is 0 Å². The molecule has 0 aliphatic rings. The molecule has 2 atom stereocenters. The van der Waals surface area contributed by atoms with Gasteiger partial charge in [0.05, 0.1) is 0 Å². The van der Waals surface area contributed by atoms with E-state index in [0.717, 1.165) is 63.7 Å². The zero-order valence-electron chi connectivity index (χ0n) is 43.0. The molecule has 63 heavy (non-hydrogen) atoms. The van der Waals surface area contributed by atoms with Crippen LogP contribution >= 0.6 is 0 Å². The predicted octanol–water partition coefficient (Wildman–Crippen LogP) is 18.6. The molecular formula is C57H110O6. The van der Waals surface area contributed by atoms with Crippen LogP contribution in [0.15, 0.2) is 0 Å². The summed E-state index contributed by atoms with van der Waals surface area (Å²) in [5.41, 5.74) is 0. The fraction of sp³-hybridized carbons (Fsp3) is 0.947. The number of unbranched alkanes of at least 4 members (excludes halogenated alkanes) is 38. The Morgan fingerprint density at radius 2 is 0.556 bits per heavy atom. The van der Waals surface area contributed by atoms with Crippen LogP contribution in [0.25, 0.3) is 0 Å². The normalized spacial score (nSPS) is 12.4. The highest BCUT2D eigenvalue weighted by atomic mass is 16.6. The topological polar surface area (TPSA) is 78.9 Å². The minimum Gasteiger partial charge on any atom is -0.462 e. The van der Waals surface area contributed by atoms with Crippen molar-refractivity contribution in [2.24, 2.45) is 5.92 Å². The maximum atomic E-state index is 12.8. The first-order valence-corrected chi connectivity index (χ1v) is 28.4. The molecule has 0 aromatic carbocycles. The molecule has 1 unspecified atom stereocenters. The van der Waals surface area contributed by atoms with E-state index >= 15 is 0 Å². The van der Waals surface area contributed by atoms with Crippen LogP contribution in [0.5, 0.6) is 0 Å². The van der Waals surface area contributed by atoms with Crippen LogP contribution in [0.1, 0.15) is 323 Å². The van der Waals surface area contributed by atoms with E-state index in [1.807, 2.05) is 0 Å². The Hall–Kier alpha value is -1.59. The van der Waals surface area contributed by atoms with Crippen LogP contribution < -0.4 is 0 Å². The minimum atomic E-state index is -0.761. The Morgan fingerprint density at radius 3 is 0.825 bits per heavy atom. The molecule has 0 aliphatic carbocycles. The number of rotatable bonds is 52. The Balaban J connectivity index is 4.25. The van der Waals surface area contributed by atoms with Gasteiger partial charge in [-0.25, -0.2) is 0 Å². The van der Waals surface area contributed by atoms with E-state index in [4.69, 9.17) is 14.2 Å². The zero-order chi connectivity index (χ0) is 45.9. The molecule has 6 nitrogen and oxygen atoms in total. The van der Waals surface area contributed by atoms with Crippen molar-refractivity contribution in [3.05, 3.63) is 0 Å². The van der Waals surface area contributed by atoms with Gasteiger partial charge >= 0.3 is 17.9 Å². The van der Waals surface area contributed by atoms with E-state index in [0.29, 0.717) is 19.3 Å². The van der Waals surface area contributed by atoms with Crippen molar-refractivity contribution in [2.75, 3.05) is 13.2 Å². The number of esters is 3. The van der Waals surface area contributed by atoms with Crippen molar-refractivity contribution in [2.45, 2.75) is 329 Å². The van der Waals surface area contributed by atoms with Gasteiger partial charge in [0.25, 0.3) is 0 Å². The van der Waals surface area contributed by atoms with Crippen molar-refractivity contribution in [1.82, 2.24) is 0 Å². The molecule has 0 heterocycles. The maximum Gasteiger partial charge on any atom is 0.306 e. The number of hydrogen-bond acceptors (Lipinski definition) is 6. The summed E-state index contributed by atoms with van der Waals surface area (Å²) in [4.78, 5) is 38.0. The predicted molar refractivity (Wildman–Crippen MR) is 270 cm³/mol. The molecule has 0 aromatic rings. The molecule has 0 rings (SSSR count). The molecule has 6 heteroatoms. The lowest BCUT2D eigenvalue weighted by molar-refractivity contribution is -0.167. The smallest absolute Gasteiger partial charge is 0.306 e. The molecule has 374 valence electrons. The fourth-order valence-electron chi connectivity index (χ4n) is 8.72. The first kappa shape index (κ1) is 61.4. The van der Waals surface area contributed by atoms with Crippen molar-refractivity contribution in [3.8, 4) is 0 Å². The van der Waals surface area contributed by atoms with E-state index in [9.17, 15) is 14.4 Å². The molecule has 0 spiro atoms. The van der Waals surface area contributed by atoms with Crippen molar-refractivity contribution in [3.63, 3.8) is 0 Å². The average molecular weight is 892 g/mol. The number of hydrogen-bond donors (Lipinski definition) is 0. The highest BCUT2D eigenvalue weighted by molar-refractivity contribution is 5.71. The summed E-state index contributed by atoms with van der Waals surface area (Å²) in [6, 6.07) is 0. The number of ether oxygens (including phenoxy) is 3. The van der Waals surface area contributed by atoms with E-state index < -0.39 is 6.10 Å². The van der Waals surface area contributed by atoms with Gasteiger partial charge < -0.3 is 14.2 Å². The summed E-state index contributed by atoms with van der Waals surface area (Å²) in [7, 11) is 0. The van der Waals surface area contributed by atoms with Gasteiger partial charge in [0.15, 0.2) is 6.10 Å². The van der Waals surface area contributed by atoms with Gasteiger partial charge in [-0.05, 0) is 25.2 Å². The van der Waals surface area contributed by atoms with Gasteiger partial charge in [-0.2, -0.15) is 0 Å². The lowest BCUT2D eigenvalue weighted by Crippen LogP contribution is -2.30. The molecule has 0 N–H and O–H groups in total. The third-order valence-corrected chi connectivity index (χ3v) is 13.4. The van der Waals surface area contributed by atoms with Crippen LogP contribution in [0.2, 0.25) is 0 Å². The second-order valence-electron chi connectivity index (χ2n) is 19.8. The molecule has 0 amide bonds. The van der Waals surface area contributed by atoms with E-state index in [1.165, 1.54) is 218 Å². The molecular weight excluding hydrogens is 781 g/mol. The first-order valence-electron chi connectivity index (χ1n) is 28.4. The van der Waals surface area contributed by atoms with Crippen LogP contribution in [-0.2, 0) is 28.6 Å². The molecule has 0 aliphatic heterocycles. The Labute approximate surface area is 393 Å². The second-order valence-corrected chi connectivity index (χ2v) is 19.8. The molecule has 0 bridgehead atoms. The lowest BCUT2D eigenvalue weighted by atomic mass is 9.99. The van der Waals surface area contributed by atoms with Crippen molar-refractivity contribution < 1.29 is 28.6 Å². The van der Waals surface area contributed by atoms with Gasteiger partial charge in [0.1, 0.15) is 13.2 Å². The standard InChI is InChI=1S/C57H110O6/c1-5-8-10-12-14-16-18-19-20-21-22-27-30-34-38-42-46-50-57(60)63-54(51-61-55(58)48-44-40-36-32-17-15-13-11-9-6-2)52-62-56(59)49-45-41-37-33-29-26-24-23-25-28-31-35-39-43-47-53(4)7-3/h53-54H,5-52H2,1-4H3/t53?,54-/m1/s1. The molecule has 0 fully saturated rings. The van der Waals surface area contributed by atoms with Gasteiger partial charge in [0.2, 0.25) is 0 Å². The van der Waals surface area contributed by atoms with Gasteiger partial charge in [0, 0.05) is 19.3 Å². The summed E-state index contributed by atoms with van der Waals surface area (Å²) < 4.78 is 16.9. The quantitative estimate of drug-likeness (QED) is 0.0344. The SMILES string of the molecule is CCCCCCCCCCCCCCCCCCCC(=O)O[C@H](COC(=O)CCCCCCCCCCCC)COC(=O)CCCCCCCCCCCCCCCCC(C)CC. The highest BCUT2D eigenvalue weighted by Crippen LogP contribution is 2.18. The third kappa shape index (κ3) is 49.7. The summed E-state index contributed by atoms with van der Waals surface area (Å²) in [5, 5.41) is 0. The third-order valence-electron chi connectivity index (χ3n) is 13.4. The summed E-state index contributed by atoms with van der Waals surface area (Å²) >= 11 is 0. The molecule has 0 aromatic heterocycles. The Bertz CT molecular complexity index is 951. The fourth-order valence-corrected chi connectivity index (χ4v) is 8.72. The highest BCUT2D eigenvalue weighted by Gasteiger charge is 2.19. The Morgan fingerprint density at radius 1 is 0.317 bits per heavy atom. The average Bonchev–Trinajstić information content (AvgIpc) is 3.28. The first-order chi connectivity index (χ1) is 30.9. The number of carbonyl (C=O) groups excluding carboxylic acids is 3. The maximum absolute atomic E-state index is 12.8. The van der Waals surface area contributed by atoms with Gasteiger partial charge in [-0.1, -0.05) is 285 Å². The van der Waals surface area contributed by atoms with Crippen LogP contribution in [0.3, 0.4) is 0 Å². The lowest BCUT2D eigenvalue weighted by Gasteiger charge is -2.18. The van der Waals surface area contributed by atoms with E-state index in [1.54, 1.807) is 0 Å². The van der Waals surface area contributed by atoms with Crippen molar-refractivity contribution >= 4 is 17.9 Å². The molecule has 0 radical (unpaired) electrons. The van der Waals surface area contributed by atoms with E-state index in [-0.39, 0.29) is 31.1 Å².